The molecule has 2 aliphatic rings. The van der Waals surface area contributed by atoms with E-state index in [2.05, 4.69) is 0 Å². The second-order valence-corrected chi connectivity index (χ2v) is 11.1. The molecule has 0 aliphatic heterocycles. The summed E-state index contributed by atoms with van der Waals surface area (Å²) in [6.45, 7) is 0. The van der Waals surface area contributed by atoms with Crippen LogP contribution in [0.5, 0.6) is 0 Å². The Balaban J connectivity index is 2.08. The predicted octanol–water partition coefficient (Wildman–Crippen LogP) is 5.95. The SMILES string of the molecule is CO[Si](OC)(C1CCCCCCCCC1)C1CCCCC1. The lowest BCUT2D eigenvalue weighted by atomic mass is 10.00. The molecule has 0 aromatic rings. The first-order chi connectivity index (χ1) is 10.3. The van der Waals surface area contributed by atoms with Crippen LogP contribution < -0.4 is 0 Å². The molecule has 0 aromatic heterocycles. The van der Waals surface area contributed by atoms with Crippen molar-refractivity contribution < 1.29 is 8.85 Å². The van der Waals surface area contributed by atoms with Crippen LogP contribution in [-0.2, 0) is 8.85 Å². The van der Waals surface area contributed by atoms with E-state index in [1.54, 1.807) is 0 Å². The smallest absolute Gasteiger partial charge is 0.344 e. The maximum absolute atomic E-state index is 6.25. The van der Waals surface area contributed by atoms with E-state index in [4.69, 9.17) is 8.85 Å². The van der Waals surface area contributed by atoms with Gasteiger partial charge in [0.1, 0.15) is 0 Å². The van der Waals surface area contributed by atoms with Gasteiger partial charge in [0.25, 0.3) is 0 Å². The zero-order chi connectivity index (χ0) is 15.0. The highest BCUT2D eigenvalue weighted by atomic mass is 28.4. The van der Waals surface area contributed by atoms with Crippen molar-refractivity contribution in [1.29, 1.82) is 0 Å². The lowest BCUT2D eigenvalue weighted by molar-refractivity contribution is 0.196. The third-order valence-electron chi connectivity index (χ3n) is 5.99. The molecule has 0 amide bonds. The monoisotopic (exact) mass is 312 g/mol. The van der Waals surface area contributed by atoms with Crippen LogP contribution in [0.3, 0.4) is 0 Å². The summed E-state index contributed by atoms with van der Waals surface area (Å²) in [5.41, 5.74) is 1.47. The van der Waals surface area contributed by atoms with Crippen LogP contribution in [0.2, 0.25) is 11.1 Å². The zero-order valence-corrected chi connectivity index (χ0v) is 15.4. The Morgan fingerprint density at radius 3 is 1.14 bits per heavy atom. The Labute approximate surface area is 133 Å². The minimum absolute atomic E-state index is 0.730. The number of hydrogen-bond acceptors (Lipinski definition) is 2. The molecule has 3 heteroatoms. The van der Waals surface area contributed by atoms with Crippen LogP contribution in [0, 0.1) is 0 Å². The van der Waals surface area contributed by atoms with Crippen molar-refractivity contribution in [3.8, 4) is 0 Å². The molecule has 2 saturated carbocycles. The van der Waals surface area contributed by atoms with Crippen molar-refractivity contribution in [3.63, 3.8) is 0 Å². The Morgan fingerprint density at radius 1 is 0.524 bits per heavy atom. The first kappa shape index (κ1) is 17.5. The van der Waals surface area contributed by atoms with E-state index in [0.29, 0.717) is 0 Å². The summed E-state index contributed by atoms with van der Waals surface area (Å²) in [5, 5.41) is 0. The molecular weight excluding hydrogens is 276 g/mol. The van der Waals surface area contributed by atoms with Gasteiger partial charge in [-0.25, -0.2) is 0 Å². The maximum Gasteiger partial charge on any atom is 0.344 e. The van der Waals surface area contributed by atoms with Crippen molar-refractivity contribution in [3.05, 3.63) is 0 Å². The van der Waals surface area contributed by atoms with Gasteiger partial charge in [0.05, 0.1) is 0 Å². The summed E-state index contributed by atoms with van der Waals surface area (Å²) in [6.07, 6.45) is 19.5. The molecule has 2 fully saturated rings. The van der Waals surface area contributed by atoms with Gasteiger partial charge in [0.15, 0.2) is 0 Å². The number of hydrogen-bond donors (Lipinski definition) is 0. The highest BCUT2D eigenvalue weighted by molar-refractivity contribution is 6.70. The molecule has 2 nitrogen and oxygen atoms in total. The molecular formula is C18H36O2Si. The minimum Gasteiger partial charge on any atom is -0.397 e. The normalized spacial score (nSPS) is 24.9. The molecule has 0 bridgehead atoms. The zero-order valence-electron chi connectivity index (χ0n) is 14.4. The third kappa shape index (κ3) is 4.55. The Morgan fingerprint density at radius 2 is 0.810 bits per heavy atom. The van der Waals surface area contributed by atoms with Gasteiger partial charge in [-0.05, 0) is 25.7 Å². The highest BCUT2D eigenvalue weighted by Crippen LogP contribution is 2.47. The van der Waals surface area contributed by atoms with Gasteiger partial charge in [-0.15, -0.1) is 0 Å². The summed E-state index contributed by atoms with van der Waals surface area (Å²) >= 11 is 0. The molecule has 2 aliphatic carbocycles. The lowest BCUT2D eigenvalue weighted by Crippen LogP contribution is -2.50. The van der Waals surface area contributed by atoms with Crippen molar-refractivity contribution in [1.82, 2.24) is 0 Å². The van der Waals surface area contributed by atoms with Crippen molar-refractivity contribution in [2.45, 2.75) is 101 Å². The molecule has 21 heavy (non-hydrogen) atoms. The van der Waals surface area contributed by atoms with Gasteiger partial charge in [-0.3, -0.25) is 0 Å². The highest BCUT2D eigenvalue weighted by Gasteiger charge is 2.50. The van der Waals surface area contributed by atoms with Crippen LogP contribution in [0.15, 0.2) is 0 Å². The van der Waals surface area contributed by atoms with Crippen LogP contribution in [0.4, 0.5) is 0 Å². The summed E-state index contributed by atoms with van der Waals surface area (Å²) in [6, 6.07) is 0. The molecule has 124 valence electrons. The van der Waals surface area contributed by atoms with E-state index in [-0.39, 0.29) is 0 Å². The van der Waals surface area contributed by atoms with Gasteiger partial charge in [-0.1, -0.05) is 64.2 Å². The van der Waals surface area contributed by atoms with Crippen LogP contribution >= 0.6 is 0 Å². The molecule has 0 saturated heterocycles. The molecule has 0 radical (unpaired) electrons. The standard InChI is InChI=1S/C18H36O2Si/c1-19-21(20-2,18-15-11-8-12-16-18)17-13-9-6-4-3-5-7-10-14-17/h17-18H,3-16H2,1-2H3. The maximum atomic E-state index is 6.25. The molecule has 0 atom stereocenters. The largest absolute Gasteiger partial charge is 0.397 e. The molecule has 2 rings (SSSR count). The molecule has 0 aromatic carbocycles. The molecule has 0 unspecified atom stereocenters. The van der Waals surface area contributed by atoms with E-state index in [1.807, 2.05) is 14.2 Å². The molecule has 0 N–H and O–H groups in total. The van der Waals surface area contributed by atoms with Gasteiger partial charge >= 0.3 is 8.56 Å². The minimum atomic E-state index is -2.04. The van der Waals surface area contributed by atoms with E-state index in [0.717, 1.165) is 11.1 Å². The van der Waals surface area contributed by atoms with Crippen LogP contribution in [0.1, 0.15) is 89.9 Å². The van der Waals surface area contributed by atoms with E-state index >= 15 is 0 Å². The molecule has 0 heterocycles. The van der Waals surface area contributed by atoms with Gasteiger partial charge in [0, 0.05) is 25.3 Å². The predicted molar refractivity (Wildman–Crippen MR) is 91.9 cm³/mol. The van der Waals surface area contributed by atoms with Crippen LogP contribution in [-0.4, -0.2) is 22.8 Å². The quantitative estimate of drug-likeness (QED) is 0.597. The second kappa shape index (κ2) is 9.31. The third-order valence-corrected chi connectivity index (χ3v) is 10.7. The fourth-order valence-electron chi connectivity index (χ4n) is 4.80. The molecule has 0 spiro atoms. The first-order valence-electron chi connectivity index (χ1n) is 9.44. The van der Waals surface area contributed by atoms with E-state index in [1.165, 1.54) is 89.9 Å². The van der Waals surface area contributed by atoms with Crippen molar-refractivity contribution in [2.75, 3.05) is 14.2 Å². The van der Waals surface area contributed by atoms with E-state index < -0.39 is 8.56 Å². The van der Waals surface area contributed by atoms with Crippen molar-refractivity contribution >= 4 is 8.56 Å². The first-order valence-corrected chi connectivity index (χ1v) is 11.4. The Kier molecular flexibility index (Phi) is 7.76. The van der Waals surface area contributed by atoms with Gasteiger partial charge in [0.2, 0.25) is 0 Å². The topological polar surface area (TPSA) is 18.5 Å². The van der Waals surface area contributed by atoms with Gasteiger partial charge in [-0.2, -0.15) is 0 Å². The summed E-state index contributed by atoms with van der Waals surface area (Å²) in [7, 11) is 1.86. The van der Waals surface area contributed by atoms with Crippen LogP contribution in [0.25, 0.3) is 0 Å². The second-order valence-electron chi connectivity index (χ2n) is 7.21. The average molecular weight is 313 g/mol. The van der Waals surface area contributed by atoms with Gasteiger partial charge < -0.3 is 8.85 Å². The Hall–Kier alpha value is 0.137. The fourth-order valence-corrected chi connectivity index (χ4v) is 9.39. The number of rotatable bonds is 4. The average Bonchev–Trinajstić information content (AvgIpc) is 2.56. The summed E-state index contributed by atoms with van der Waals surface area (Å²) in [5.74, 6) is 0. The summed E-state index contributed by atoms with van der Waals surface area (Å²) < 4.78 is 12.5. The lowest BCUT2D eigenvalue weighted by Gasteiger charge is -2.43. The van der Waals surface area contributed by atoms with E-state index in [9.17, 15) is 0 Å². The Bertz CT molecular complexity index is 262. The summed E-state index contributed by atoms with van der Waals surface area (Å²) in [4.78, 5) is 0. The fraction of sp³-hybridized carbons (Fsp3) is 1.00. The van der Waals surface area contributed by atoms with Crippen molar-refractivity contribution in [2.24, 2.45) is 0 Å².